The van der Waals surface area contributed by atoms with Crippen molar-refractivity contribution in [3.63, 3.8) is 0 Å². The van der Waals surface area contributed by atoms with E-state index in [1.165, 1.54) is 0 Å². The van der Waals surface area contributed by atoms with E-state index in [4.69, 9.17) is 10.5 Å². The number of rotatable bonds is 7. The average Bonchev–Trinajstić information content (AvgIpc) is 2.36. The van der Waals surface area contributed by atoms with Crippen molar-refractivity contribution in [1.29, 1.82) is 0 Å². The van der Waals surface area contributed by atoms with Crippen LogP contribution in [0.1, 0.15) is 24.2 Å². The number of benzene rings is 1. The Kier molecular flexibility index (Phi) is 5.79. The highest BCUT2D eigenvalue weighted by molar-refractivity contribution is 5.92. The van der Waals surface area contributed by atoms with Crippen LogP contribution in [0.5, 0.6) is 5.75 Å². The first-order valence-electron chi connectivity index (χ1n) is 6.31. The molecule has 3 N–H and O–H groups in total. The van der Waals surface area contributed by atoms with E-state index in [-0.39, 0.29) is 6.61 Å². The van der Waals surface area contributed by atoms with Gasteiger partial charge in [-0.25, -0.2) is 0 Å². The van der Waals surface area contributed by atoms with Crippen LogP contribution >= 0.6 is 0 Å². The van der Waals surface area contributed by atoms with Crippen molar-refractivity contribution in [1.82, 2.24) is 4.90 Å². The number of amides is 1. The third-order valence-electron chi connectivity index (χ3n) is 2.96. The van der Waals surface area contributed by atoms with E-state index < -0.39 is 12.0 Å². The molecule has 0 fully saturated rings. The van der Waals surface area contributed by atoms with Crippen LogP contribution in [-0.2, 0) is 0 Å². The highest BCUT2D eigenvalue weighted by Crippen LogP contribution is 2.12. The highest BCUT2D eigenvalue weighted by atomic mass is 16.5. The van der Waals surface area contributed by atoms with E-state index >= 15 is 0 Å². The zero-order chi connectivity index (χ0) is 14.4. The van der Waals surface area contributed by atoms with Gasteiger partial charge in [0, 0.05) is 18.2 Å². The Bertz CT molecular complexity index is 404. The molecular weight excluding hydrogens is 244 g/mol. The number of aliphatic hydroxyl groups excluding tert-OH is 1. The predicted octanol–water partition coefficient (Wildman–Crippen LogP) is 0.865. The molecule has 0 saturated carbocycles. The molecule has 1 aromatic carbocycles. The molecule has 1 amide bonds. The van der Waals surface area contributed by atoms with Crippen LogP contribution in [0.2, 0.25) is 0 Å². The standard InChI is InChI=1S/C14H22N2O3/c1-10(2)16(3)8-12(17)9-19-13-6-4-11(5-7-13)14(15)18/h4-7,10,12,17H,8-9H2,1-3H3,(H2,15,18). The molecule has 0 aliphatic heterocycles. The molecule has 1 aromatic rings. The maximum atomic E-state index is 10.9. The van der Waals surface area contributed by atoms with Crippen LogP contribution < -0.4 is 10.5 Å². The lowest BCUT2D eigenvalue weighted by atomic mass is 10.2. The maximum absolute atomic E-state index is 10.9. The molecule has 0 radical (unpaired) electrons. The SMILES string of the molecule is CC(C)N(C)CC(O)COc1ccc(C(N)=O)cc1. The molecule has 1 rings (SSSR count). The van der Waals surface area contributed by atoms with Crippen LogP contribution in [0.15, 0.2) is 24.3 Å². The maximum Gasteiger partial charge on any atom is 0.248 e. The van der Waals surface area contributed by atoms with Gasteiger partial charge in [-0.05, 0) is 45.2 Å². The lowest BCUT2D eigenvalue weighted by Crippen LogP contribution is -2.36. The summed E-state index contributed by atoms with van der Waals surface area (Å²) >= 11 is 0. The van der Waals surface area contributed by atoms with Gasteiger partial charge in [0.25, 0.3) is 0 Å². The number of primary amides is 1. The molecule has 0 heterocycles. The summed E-state index contributed by atoms with van der Waals surface area (Å²) in [5, 5.41) is 9.83. The molecule has 1 unspecified atom stereocenters. The Balaban J connectivity index is 2.41. The van der Waals surface area contributed by atoms with Crippen molar-refractivity contribution >= 4 is 5.91 Å². The molecule has 0 spiro atoms. The molecule has 5 heteroatoms. The summed E-state index contributed by atoms with van der Waals surface area (Å²) in [7, 11) is 1.95. The molecule has 0 bridgehead atoms. The molecule has 5 nitrogen and oxygen atoms in total. The third-order valence-corrected chi connectivity index (χ3v) is 2.96. The van der Waals surface area contributed by atoms with E-state index in [1.807, 2.05) is 11.9 Å². The third kappa shape index (κ3) is 5.28. The normalized spacial score (nSPS) is 12.7. The van der Waals surface area contributed by atoms with Gasteiger partial charge in [0.05, 0.1) is 0 Å². The molecular formula is C14H22N2O3. The molecule has 19 heavy (non-hydrogen) atoms. The van der Waals surface area contributed by atoms with Gasteiger partial charge in [-0.1, -0.05) is 0 Å². The molecule has 0 aliphatic rings. The summed E-state index contributed by atoms with van der Waals surface area (Å²) in [6.45, 7) is 4.90. The Morgan fingerprint density at radius 3 is 2.42 bits per heavy atom. The second-order valence-corrected chi connectivity index (χ2v) is 4.89. The minimum Gasteiger partial charge on any atom is -0.491 e. The second kappa shape index (κ2) is 7.11. The van der Waals surface area contributed by atoms with Gasteiger partial charge in [-0.3, -0.25) is 4.79 Å². The molecule has 106 valence electrons. The van der Waals surface area contributed by atoms with Crippen LogP contribution in [0, 0.1) is 0 Å². The van der Waals surface area contributed by atoms with Crippen molar-refractivity contribution < 1.29 is 14.6 Å². The van der Waals surface area contributed by atoms with Gasteiger partial charge < -0.3 is 20.5 Å². The van der Waals surface area contributed by atoms with Gasteiger partial charge >= 0.3 is 0 Å². The van der Waals surface area contributed by atoms with Crippen LogP contribution in [0.3, 0.4) is 0 Å². The Hall–Kier alpha value is -1.59. The summed E-state index contributed by atoms with van der Waals surface area (Å²) in [6.07, 6.45) is -0.553. The summed E-state index contributed by atoms with van der Waals surface area (Å²) in [4.78, 5) is 12.9. The number of ether oxygens (including phenoxy) is 1. The minimum atomic E-state index is -0.553. The smallest absolute Gasteiger partial charge is 0.248 e. The second-order valence-electron chi connectivity index (χ2n) is 4.89. The van der Waals surface area contributed by atoms with E-state index in [0.717, 1.165) is 0 Å². The van der Waals surface area contributed by atoms with E-state index in [2.05, 4.69) is 13.8 Å². The van der Waals surface area contributed by atoms with Crippen molar-refractivity contribution in [3.05, 3.63) is 29.8 Å². The number of aliphatic hydroxyl groups is 1. The fraction of sp³-hybridized carbons (Fsp3) is 0.500. The summed E-state index contributed by atoms with van der Waals surface area (Å²) in [5.74, 6) is 0.140. The molecule has 0 aliphatic carbocycles. The number of carbonyl (C=O) groups is 1. The Labute approximate surface area is 114 Å². The number of hydrogen-bond acceptors (Lipinski definition) is 4. The zero-order valence-corrected chi connectivity index (χ0v) is 11.7. The topological polar surface area (TPSA) is 75.8 Å². The van der Waals surface area contributed by atoms with Gasteiger partial charge in [0.2, 0.25) is 5.91 Å². The van der Waals surface area contributed by atoms with Crippen LogP contribution in [0.4, 0.5) is 0 Å². The number of carbonyl (C=O) groups excluding carboxylic acids is 1. The Morgan fingerprint density at radius 2 is 1.95 bits per heavy atom. The monoisotopic (exact) mass is 266 g/mol. The van der Waals surface area contributed by atoms with Crippen LogP contribution in [-0.4, -0.2) is 48.3 Å². The van der Waals surface area contributed by atoms with Crippen molar-refractivity contribution in [2.24, 2.45) is 5.73 Å². The minimum absolute atomic E-state index is 0.215. The lowest BCUT2D eigenvalue weighted by Gasteiger charge is -2.24. The largest absolute Gasteiger partial charge is 0.491 e. The van der Waals surface area contributed by atoms with Gasteiger partial charge in [-0.2, -0.15) is 0 Å². The fourth-order valence-electron chi connectivity index (χ4n) is 1.50. The Morgan fingerprint density at radius 1 is 1.37 bits per heavy atom. The molecule has 0 saturated heterocycles. The van der Waals surface area contributed by atoms with E-state index in [0.29, 0.717) is 23.9 Å². The first-order chi connectivity index (χ1) is 8.90. The van der Waals surface area contributed by atoms with Crippen molar-refractivity contribution in [2.75, 3.05) is 20.2 Å². The molecule has 1 atom stereocenters. The number of nitrogens with two attached hydrogens (primary N) is 1. The summed E-state index contributed by atoms with van der Waals surface area (Å²) < 4.78 is 5.45. The van der Waals surface area contributed by atoms with Crippen molar-refractivity contribution in [3.8, 4) is 5.75 Å². The number of nitrogens with zero attached hydrogens (tertiary/aromatic N) is 1. The van der Waals surface area contributed by atoms with Crippen LogP contribution in [0.25, 0.3) is 0 Å². The van der Waals surface area contributed by atoms with E-state index in [1.54, 1.807) is 24.3 Å². The van der Waals surface area contributed by atoms with E-state index in [9.17, 15) is 9.90 Å². The average molecular weight is 266 g/mol. The number of hydrogen-bond donors (Lipinski definition) is 2. The van der Waals surface area contributed by atoms with Gasteiger partial charge in [0.1, 0.15) is 18.5 Å². The summed E-state index contributed by atoms with van der Waals surface area (Å²) in [5.41, 5.74) is 5.58. The van der Waals surface area contributed by atoms with Gasteiger partial charge in [-0.15, -0.1) is 0 Å². The fourth-order valence-corrected chi connectivity index (χ4v) is 1.50. The predicted molar refractivity (Wildman–Crippen MR) is 74.2 cm³/mol. The highest BCUT2D eigenvalue weighted by Gasteiger charge is 2.11. The van der Waals surface area contributed by atoms with Crippen molar-refractivity contribution in [2.45, 2.75) is 26.0 Å². The van der Waals surface area contributed by atoms with Gasteiger partial charge in [0.15, 0.2) is 0 Å². The quantitative estimate of drug-likeness (QED) is 0.767. The first kappa shape index (κ1) is 15.5. The summed E-state index contributed by atoms with van der Waals surface area (Å²) in [6, 6.07) is 6.91. The first-order valence-corrected chi connectivity index (χ1v) is 6.31. The zero-order valence-electron chi connectivity index (χ0n) is 11.7. The lowest BCUT2D eigenvalue weighted by molar-refractivity contribution is 0.0678. The number of likely N-dealkylation sites (N-methyl/N-ethyl adjacent to an activating group) is 1. The molecule has 0 aromatic heterocycles.